The first-order valence-electron chi connectivity index (χ1n) is 7.10. The van der Waals surface area contributed by atoms with Crippen molar-refractivity contribution in [2.24, 2.45) is 5.41 Å². The smallest absolute Gasteiger partial charge is 0.310 e. The average Bonchev–Trinajstić information content (AvgIpc) is 2.39. The van der Waals surface area contributed by atoms with Gasteiger partial charge in [0, 0.05) is 26.7 Å². The fourth-order valence-corrected chi connectivity index (χ4v) is 2.66. The van der Waals surface area contributed by atoms with Crippen LogP contribution in [0.15, 0.2) is 0 Å². The van der Waals surface area contributed by atoms with Crippen LogP contribution >= 0.6 is 0 Å². The molecule has 0 aromatic carbocycles. The summed E-state index contributed by atoms with van der Waals surface area (Å²) in [6.07, 6.45) is 6.03. The Kier molecular flexibility index (Phi) is 6.84. The van der Waals surface area contributed by atoms with Crippen LogP contribution in [0, 0.1) is 5.41 Å². The van der Waals surface area contributed by atoms with E-state index in [1.807, 2.05) is 0 Å². The van der Waals surface area contributed by atoms with Gasteiger partial charge in [0.25, 0.3) is 0 Å². The molecule has 1 rings (SSSR count). The van der Waals surface area contributed by atoms with E-state index in [0.717, 1.165) is 32.1 Å². The number of carboxylic acid groups (broad SMARTS) is 1. The van der Waals surface area contributed by atoms with Crippen molar-refractivity contribution in [2.75, 3.05) is 20.3 Å². The van der Waals surface area contributed by atoms with E-state index in [0.29, 0.717) is 26.0 Å². The molecule has 0 spiro atoms. The van der Waals surface area contributed by atoms with E-state index in [1.54, 1.807) is 7.11 Å². The molecule has 0 radical (unpaired) electrons. The third-order valence-electron chi connectivity index (χ3n) is 3.86. The lowest BCUT2D eigenvalue weighted by molar-refractivity contribution is -0.154. The van der Waals surface area contributed by atoms with Gasteiger partial charge in [-0.05, 0) is 25.7 Å². The summed E-state index contributed by atoms with van der Waals surface area (Å²) in [5.74, 6) is -0.955. The second kappa shape index (κ2) is 8.15. The number of carbonyl (C=O) groups is 2. The van der Waals surface area contributed by atoms with E-state index in [2.05, 4.69) is 5.32 Å². The molecule has 0 unspecified atom stereocenters. The Hall–Kier alpha value is -1.10. The SMILES string of the molecule is COCCCCNC(=O)CC1(C(=O)O)CCCCC1. The Morgan fingerprint density at radius 2 is 1.89 bits per heavy atom. The molecule has 0 aromatic rings. The first kappa shape index (κ1) is 16.0. The number of unbranched alkanes of at least 4 members (excludes halogenated alkanes) is 1. The summed E-state index contributed by atoms with van der Waals surface area (Å²) in [5.41, 5.74) is -0.825. The van der Waals surface area contributed by atoms with Gasteiger partial charge >= 0.3 is 5.97 Å². The fraction of sp³-hybridized carbons (Fsp3) is 0.857. The summed E-state index contributed by atoms with van der Waals surface area (Å²) in [6, 6.07) is 0. The van der Waals surface area contributed by atoms with Gasteiger partial charge in [0.2, 0.25) is 5.91 Å². The summed E-state index contributed by atoms with van der Waals surface area (Å²) in [5, 5.41) is 12.2. The lowest BCUT2D eigenvalue weighted by atomic mass is 9.71. The van der Waals surface area contributed by atoms with Crippen molar-refractivity contribution in [3.05, 3.63) is 0 Å². The molecule has 1 saturated carbocycles. The number of carbonyl (C=O) groups excluding carboxylic acids is 1. The molecular weight excluding hydrogens is 246 g/mol. The second-order valence-corrected chi connectivity index (χ2v) is 5.37. The number of hydrogen-bond donors (Lipinski definition) is 2. The zero-order valence-electron chi connectivity index (χ0n) is 11.7. The number of carboxylic acids is 1. The zero-order chi connectivity index (χ0) is 14.1. The van der Waals surface area contributed by atoms with Gasteiger partial charge in [-0.3, -0.25) is 9.59 Å². The summed E-state index contributed by atoms with van der Waals surface area (Å²) in [7, 11) is 1.65. The van der Waals surface area contributed by atoms with Gasteiger partial charge in [-0.2, -0.15) is 0 Å². The maximum absolute atomic E-state index is 11.8. The first-order chi connectivity index (χ1) is 9.10. The molecule has 1 aliphatic carbocycles. The van der Waals surface area contributed by atoms with Crippen LogP contribution in [0.1, 0.15) is 51.4 Å². The van der Waals surface area contributed by atoms with Crippen molar-refractivity contribution in [1.82, 2.24) is 5.32 Å². The number of hydrogen-bond acceptors (Lipinski definition) is 3. The molecule has 5 nitrogen and oxygen atoms in total. The van der Waals surface area contributed by atoms with Crippen molar-refractivity contribution in [3.8, 4) is 0 Å². The molecule has 19 heavy (non-hydrogen) atoms. The minimum absolute atomic E-state index is 0.118. The Balaban J connectivity index is 2.33. The maximum atomic E-state index is 11.8. The Morgan fingerprint density at radius 1 is 1.21 bits per heavy atom. The highest BCUT2D eigenvalue weighted by molar-refractivity contribution is 5.85. The van der Waals surface area contributed by atoms with Crippen LogP contribution in [0.4, 0.5) is 0 Å². The Labute approximate surface area is 114 Å². The van der Waals surface area contributed by atoms with E-state index >= 15 is 0 Å². The average molecular weight is 271 g/mol. The third-order valence-corrected chi connectivity index (χ3v) is 3.86. The van der Waals surface area contributed by atoms with Crippen molar-refractivity contribution in [3.63, 3.8) is 0 Å². The van der Waals surface area contributed by atoms with Crippen molar-refractivity contribution in [2.45, 2.75) is 51.4 Å². The molecule has 0 atom stereocenters. The van der Waals surface area contributed by atoms with E-state index < -0.39 is 11.4 Å². The largest absolute Gasteiger partial charge is 0.481 e. The lowest BCUT2D eigenvalue weighted by Gasteiger charge is -2.32. The van der Waals surface area contributed by atoms with Crippen LogP contribution in [0.2, 0.25) is 0 Å². The Bertz CT molecular complexity index is 298. The van der Waals surface area contributed by atoms with Crippen LogP contribution in [-0.4, -0.2) is 37.2 Å². The second-order valence-electron chi connectivity index (χ2n) is 5.37. The van der Waals surface area contributed by atoms with Crippen LogP contribution < -0.4 is 5.32 Å². The molecule has 0 bridgehead atoms. The molecule has 0 heterocycles. The third kappa shape index (κ3) is 5.19. The van der Waals surface area contributed by atoms with Crippen LogP contribution in [0.25, 0.3) is 0 Å². The molecule has 0 saturated heterocycles. The number of rotatable bonds is 8. The Morgan fingerprint density at radius 3 is 2.47 bits per heavy atom. The standard InChI is InChI=1S/C14H25NO4/c1-19-10-6-5-9-15-12(16)11-14(13(17)18)7-3-2-4-8-14/h2-11H2,1H3,(H,15,16)(H,17,18). The van der Waals surface area contributed by atoms with E-state index in [-0.39, 0.29) is 12.3 Å². The number of ether oxygens (including phenoxy) is 1. The molecule has 1 fully saturated rings. The molecule has 1 aliphatic rings. The van der Waals surface area contributed by atoms with Gasteiger partial charge in [-0.1, -0.05) is 19.3 Å². The van der Waals surface area contributed by atoms with Crippen molar-refractivity contribution in [1.29, 1.82) is 0 Å². The summed E-state index contributed by atoms with van der Waals surface area (Å²) in [4.78, 5) is 23.3. The number of methoxy groups -OCH3 is 1. The monoisotopic (exact) mass is 271 g/mol. The molecular formula is C14H25NO4. The normalized spacial score (nSPS) is 17.9. The van der Waals surface area contributed by atoms with E-state index in [4.69, 9.17) is 4.74 Å². The van der Waals surface area contributed by atoms with Crippen molar-refractivity contribution < 1.29 is 19.4 Å². The van der Waals surface area contributed by atoms with Gasteiger partial charge in [0.1, 0.15) is 0 Å². The summed E-state index contributed by atoms with van der Waals surface area (Å²) < 4.78 is 4.93. The summed E-state index contributed by atoms with van der Waals surface area (Å²) >= 11 is 0. The minimum atomic E-state index is -0.825. The molecule has 0 aliphatic heterocycles. The fourth-order valence-electron chi connectivity index (χ4n) is 2.66. The minimum Gasteiger partial charge on any atom is -0.481 e. The predicted octanol–water partition coefficient (Wildman–Crippen LogP) is 1.95. The van der Waals surface area contributed by atoms with Gasteiger partial charge in [-0.15, -0.1) is 0 Å². The number of nitrogens with one attached hydrogen (secondary N) is 1. The van der Waals surface area contributed by atoms with Gasteiger partial charge in [0.15, 0.2) is 0 Å². The van der Waals surface area contributed by atoms with Gasteiger partial charge in [0.05, 0.1) is 5.41 Å². The first-order valence-corrected chi connectivity index (χ1v) is 7.10. The highest BCUT2D eigenvalue weighted by Gasteiger charge is 2.41. The zero-order valence-corrected chi connectivity index (χ0v) is 11.7. The van der Waals surface area contributed by atoms with Crippen LogP contribution in [0.5, 0.6) is 0 Å². The topological polar surface area (TPSA) is 75.6 Å². The quantitative estimate of drug-likeness (QED) is 0.662. The van der Waals surface area contributed by atoms with Gasteiger partial charge < -0.3 is 15.2 Å². The van der Waals surface area contributed by atoms with Gasteiger partial charge in [-0.25, -0.2) is 0 Å². The molecule has 1 amide bonds. The molecule has 0 aromatic heterocycles. The van der Waals surface area contributed by atoms with Crippen molar-refractivity contribution >= 4 is 11.9 Å². The molecule has 2 N–H and O–H groups in total. The van der Waals surface area contributed by atoms with Crippen LogP contribution in [0.3, 0.4) is 0 Å². The highest BCUT2D eigenvalue weighted by atomic mass is 16.5. The maximum Gasteiger partial charge on any atom is 0.310 e. The highest BCUT2D eigenvalue weighted by Crippen LogP contribution is 2.39. The molecule has 5 heteroatoms. The van der Waals surface area contributed by atoms with E-state index in [1.165, 1.54) is 0 Å². The molecule has 110 valence electrons. The number of aliphatic carboxylic acids is 1. The predicted molar refractivity (Wildman–Crippen MR) is 71.9 cm³/mol. The van der Waals surface area contributed by atoms with E-state index in [9.17, 15) is 14.7 Å². The lowest BCUT2D eigenvalue weighted by Crippen LogP contribution is -2.39. The number of amides is 1. The summed E-state index contributed by atoms with van der Waals surface area (Å²) in [6.45, 7) is 1.28. The van der Waals surface area contributed by atoms with Crippen LogP contribution in [-0.2, 0) is 14.3 Å².